The molecule has 1 aromatic heterocycles. The summed E-state index contributed by atoms with van der Waals surface area (Å²) in [6.07, 6.45) is 1.38. The molecule has 7 nitrogen and oxygen atoms in total. The van der Waals surface area contributed by atoms with Crippen molar-refractivity contribution in [1.82, 2.24) is 10.5 Å². The Balaban J connectivity index is 1.44. The fourth-order valence-corrected chi connectivity index (χ4v) is 3.77. The quantitative estimate of drug-likeness (QED) is 0.622. The lowest BCUT2D eigenvalue weighted by atomic mass is 10.00. The molecule has 4 rings (SSSR count). The molecular weight excluding hydrogens is 414 g/mol. The zero-order chi connectivity index (χ0) is 20.6. The van der Waals surface area contributed by atoms with Crippen molar-refractivity contribution in [1.29, 1.82) is 0 Å². The van der Waals surface area contributed by atoms with E-state index in [2.05, 4.69) is 10.5 Å². The largest absolute Gasteiger partial charge is 0.356 e. The Kier molecular flexibility index (Phi) is 4.94. The number of primary sulfonamides is 1. The number of nitrogens with two attached hydrogens (primary N) is 1. The van der Waals surface area contributed by atoms with Crippen LogP contribution in [0.3, 0.4) is 0 Å². The van der Waals surface area contributed by atoms with Crippen LogP contribution in [-0.2, 0) is 26.8 Å². The summed E-state index contributed by atoms with van der Waals surface area (Å²) in [6, 6.07) is 15.0. The summed E-state index contributed by atoms with van der Waals surface area (Å²) in [5, 5.41) is 12.7. The van der Waals surface area contributed by atoms with E-state index in [9.17, 15) is 13.2 Å². The molecule has 1 heterocycles. The number of aromatic nitrogens is 1. The summed E-state index contributed by atoms with van der Waals surface area (Å²) in [5.41, 5.74) is 1.52. The molecular formula is C20H18ClN3O4S. The summed E-state index contributed by atoms with van der Waals surface area (Å²) in [7, 11) is -3.74. The van der Waals surface area contributed by atoms with E-state index in [-0.39, 0.29) is 17.3 Å². The van der Waals surface area contributed by atoms with Crippen LogP contribution in [0.25, 0.3) is 11.3 Å². The van der Waals surface area contributed by atoms with Gasteiger partial charge in [0.2, 0.25) is 15.9 Å². The SMILES string of the molecule is NS(=O)(=O)c1ccc(CNC(=O)C2(c3cc(-c4ccc(Cl)cc4)on3)CC2)cc1. The monoisotopic (exact) mass is 431 g/mol. The smallest absolute Gasteiger partial charge is 0.238 e. The van der Waals surface area contributed by atoms with Crippen molar-refractivity contribution in [2.75, 3.05) is 0 Å². The lowest BCUT2D eigenvalue weighted by Gasteiger charge is -2.12. The number of nitrogens with one attached hydrogen (secondary N) is 1. The molecule has 0 aliphatic heterocycles. The minimum atomic E-state index is -3.74. The first-order valence-electron chi connectivity index (χ1n) is 8.91. The van der Waals surface area contributed by atoms with Gasteiger partial charge in [-0.2, -0.15) is 0 Å². The Bertz CT molecular complexity index is 1150. The molecule has 9 heteroatoms. The van der Waals surface area contributed by atoms with Gasteiger partial charge in [0, 0.05) is 23.2 Å². The van der Waals surface area contributed by atoms with Gasteiger partial charge in [-0.05, 0) is 54.8 Å². The maximum Gasteiger partial charge on any atom is 0.238 e. The number of amides is 1. The molecule has 2 aromatic carbocycles. The van der Waals surface area contributed by atoms with Crippen molar-refractivity contribution < 1.29 is 17.7 Å². The molecule has 1 aliphatic carbocycles. The maximum absolute atomic E-state index is 12.8. The number of halogens is 1. The van der Waals surface area contributed by atoms with Crippen molar-refractivity contribution in [3.05, 3.63) is 70.9 Å². The summed E-state index contributed by atoms with van der Waals surface area (Å²) < 4.78 is 28.1. The molecule has 1 aliphatic rings. The van der Waals surface area contributed by atoms with E-state index in [0.717, 1.165) is 11.1 Å². The molecule has 0 saturated heterocycles. The molecule has 1 saturated carbocycles. The average Bonchev–Trinajstić information content (AvgIpc) is 3.36. The van der Waals surface area contributed by atoms with Gasteiger partial charge in [-0.1, -0.05) is 28.9 Å². The fourth-order valence-electron chi connectivity index (χ4n) is 3.12. The highest BCUT2D eigenvalue weighted by atomic mass is 35.5. The molecule has 0 spiro atoms. The van der Waals surface area contributed by atoms with Crippen molar-refractivity contribution >= 4 is 27.5 Å². The number of carbonyl (C=O) groups excluding carboxylic acids is 1. The van der Waals surface area contributed by atoms with Crippen molar-refractivity contribution in [3.8, 4) is 11.3 Å². The maximum atomic E-state index is 12.8. The van der Waals surface area contributed by atoms with Crippen molar-refractivity contribution in [2.45, 2.75) is 29.7 Å². The number of sulfonamides is 1. The van der Waals surface area contributed by atoms with Gasteiger partial charge in [0.1, 0.15) is 0 Å². The van der Waals surface area contributed by atoms with E-state index in [1.165, 1.54) is 12.1 Å². The Morgan fingerprint density at radius 2 is 1.79 bits per heavy atom. The first-order chi connectivity index (χ1) is 13.8. The molecule has 150 valence electrons. The van der Waals surface area contributed by atoms with Crippen LogP contribution in [0.4, 0.5) is 0 Å². The van der Waals surface area contributed by atoms with Crippen LogP contribution in [0.15, 0.2) is 64.0 Å². The van der Waals surface area contributed by atoms with Gasteiger partial charge < -0.3 is 9.84 Å². The number of hydrogen-bond donors (Lipinski definition) is 2. The Hall–Kier alpha value is -2.68. The van der Waals surface area contributed by atoms with E-state index >= 15 is 0 Å². The van der Waals surface area contributed by atoms with Crippen molar-refractivity contribution in [3.63, 3.8) is 0 Å². The number of nitrogens with zero attached hydrogens (tertiary/aromatic N) is 1. The predicted molar refractivity (Wildman–Crippen MR) is 108 cm³/mol. The van der Waals surface area contributed by atoms with E-state index in [1.54, 1.807) is 30.3 Å². The van der Waals surface area contributed by atoms with Crippen LogP contribution >= 0.6 is 11.6 Å². The highest BCUT2D eigenvalue weighted by Gasteiger charge is 2.53. The van der Waals surface area contributed by atoms with Crippen LogP contribution < -0.4 is 10.5 Å². The summed E-state index contributed by atoms with van der Waals surface area (Å²) >= 11 is 5.91. The standard InChI is InChI=1S/C20H18ClN3O4S/c21-15-5-3-14(4-6-15)17-11-18(24-28-17)20(9-10-20)19(25)23-12-13-1-7-16(8-2-13)29(22,26)27/h1-8,11H,9-10,12H2,(H,23,25)(H2,22,26,27). The molecule has 0 atom stereocenters. The third-order valence-corrected chi connectivity index (χ3v) is 6.20. The highest BCUT2D eigenvalue weighted by Crippen LogP contribution is 2.48. The molecule has 29 heavy (non-hydrogen) atoms. The number of carbonyl (C=O) groups is 1. The molecule has 0 unspecified atom stereocenters. The van der Waals surface area contributed by atoms with Crippen LogP contribution in [0, 0.1) is 0 Å². The van der Waals surface area contributed by atoms with Gasteiger partial charge in [0.05, 0.1) is 16.0 Å². The normalized spacial score (nSPS) is 15.1. The van der Waals surface area contributed by atoms with E-state index in [1.807, 2.05) is 12.1 Å². The van der Waals surface area contributed by atoms with E-state index in [4.69, 9.17) is 21.3 Å². The molecule has 1 fully saturated rings. The second-order valence-corrected chi connectivity index (χ2v) is 9.03. The van der Waals surface area contributed by atoms with Gasteiger partial charge in [-0.25, -0.2) is 13.6 Å². The van der Waals surface area contributed by atoms with Gasteiger partial charge in [-0.3, -0.25) is 4.79 Å². The molecule has 0 bridgehead atoms. The minimum Gasteiger partial charge on any atom is -0.356 e. The summed E-state index contributed by atoms with van der Waals surface area (Å²) in [5.74, 6) is 0.443. The lowest BCUT2D eigenvalue weighted by Crippen LogP contribution is -2.34. The number of benzene rings is 2. The summed E-state index contributed by atoms with van der Waals surface area (Å²) in [4.78, 5) is 12.8. The molecule has 0 radical (unpaired) electrons. The van der Waals surface area contributed by atoms with Gasteiger partial charge in [-0.15, -0.1) is 0 Å². The number of rotatable bonds is 6. The van der Waals surface area contributed by atoms with Crippen LogP contribution in [0.5, 0.6) is 0 Å². The molecule has 1 amide bonds. The third-order valence-electron chi connectivity index (χ3n) is 5.02. The summed E-state index contributed by atoms with van der Waals surface area (Å²) in [6.45, 7) is 0.271. The highest BCUT2D eigenvalue weighted by molar-refractivity contribution is 7.89. The lowest BCUT2D eigenvalue weighted by molar-refractivity contribution is -0.123. The second-order valence-electron chi connectivity index (χ2n) is 7.04. The van der Waals surface area contributed by atoms with Crippen LogP contribution in [-0.4, -0.2) is 19.5 Å². The topological polar surface area (TPSA) is 115 Å². The van der Waals surface area contributed by atoms with Gasteiger partial charge in [0.15, 0.2) is 5.76 Å². The van der Waals surface area contributed by atoms with Crippen LogP contribution in [0.1, 0.15) is 24.1 Å². The predicted octanol–water partition coefficient (Wildman–Crippen LogP) is 2.99. The number of hydrogen-bond acceptors (Lipinski definition) is 5. The Labute approximate surface area is 172 Å². The average molecular weight is 432 g/mol. The molecule has 3 aromatic rings. The van der Waals surface area contributed by atoms with Crippen LogP contribution in [0.2, 0.25) is 5.02 Å². The fraction of sp³-hybridized carbons (Fsp3) is 0.200. The first kappa shape index (κ1) is 19.6. The van der Waals surface area contributed by atoms with E-state index < -0.39 is 15.4 Å². The van der Waals surface area contributed by atoms with Gasteiger partial charge >= 0.3 is 0 Å². The molecule has 3 N–H and O–H groups in total. The Morgan fingerprint density at radius 3 is 2.38 bits per heavy atom. The zero-order valence-electron chi connectivity index (χ0n) is 15.3. The third kappa shape index (κ3) is 4.05. The minimum absolute atomic E-state index is 0.0311. The zero-order valence-corrected chi connectivity index (χ0v) is 16.8. The van der Waals surface area contributed by atoms with Crippen molar-refractivity contribution in [2.24, 2.45) is 5.14 Å². The van der Waals surface area contributed by atoms with Gasteiger partial charge in [0.25, 0.3) is 0 Å². The second kappa shape index (κ2) is 7.29. The van der Waals surface area contributed by atoms with E-state index in [0.29, 0.717) is 29.3 Å². The Morgan fingerprint density at radius 1 is 1.14 bits per heavy atom. The first-order valence-corrected chi connectivity index (χ1v) is 10.8.